The van der Waals surface area contributed by atoms with Crippen LogP contribution in [0.1, 0.15) is 30.4 Å². The number of nitrogens with zero attached hydrogens (tertiary/aromatic N) is 5. The van der Waals surface area contributed by atoms with Crippen molar-refractivity contribution in [2.45, 2.75) is 32.2 Å². The first kappa shape index (κ1) is 21.9. The fourth-order valence-corrected chi connectivity index (χ4v) is 3.74. The molecular formula is C21H31IN6O. The average molecular weight is 510 g/mol. The lowest BCUT2D eigenvalue weighted by molar-refractivity contribution is 0.288. The maximum absolute atomic E-state index is 5.79. The Morgan fingerprint density at radius 2 is 2.14 bits per heavy atom. The van der Waals surface area contributed by atoms with Crippen LogP contribution in [0.2, 0.25) is 0 Å². The molecule has 0 bridgehead atoms. The van der Waals surface area contributed by atoms with E-state index in [4.69, 9.17) is 4.74 Å². The number of aliphatic imine (C=N–C) groups is 1. The van der Waals surface area contributed by atoms with Crippen LogP contribution in [0.25, 0.3) is 0 Å². The largest absolute Gasteiger partial charge is 0.477 e. The molecule has 2 aromatic rings. The van der Waals surface area contributed by atoms with E-state index in [0.717, 1.165) is 56.0 Å². The minimum Gasteiger partial charge on any atom is -0.477 e. The third kappa shape index (κ3) is 6.32. The molecule has 1 saturated carbocycles. The summed E-state index contributed by atoms with van der Waals surface area (Å²) in [5, 5.41) is 7.77. The number of aromatic nitrogens is 3. The van der Waals surface area contributed by atoms with Crippen molar-refractivity contribution in [3.63, 3.8) is 0 Å². The SMILES string of the molecule is CN=C(NCc1ccnc(OCC2CC2)c1)N1CCC(Cc2cnn(C)c2)C1.I. The first-order valence-corrected chi connectivity index (χ1v) is 10.2. The predicted octanol–water partition coefficient (Wildman–Crippen LogP) is 2.86. The summed E-state index contributed by atoms with van der Waals surface area (Å²) in [5.41, 5.74) is 2.47. The Balaban J connectivity index is 0.00000240. The highest BCUT2D eigenvalue weighted by atomic mass is 127. The molecule has 2 aromatic heterocycles. The van der Waals surface area contributed by atoms with Crippen LogP contribution < -0.4 is 10.1 Å². The van der Waals surface area contributed by atoms with Crippen molar-refractivity contribution in [3.05, 3.63) is 41.9 Å². The number of hydrogen-bond acceptors (Lipinski definition) is 4. The van der Waals surface area contributed by atoms with E-state index >= 15 is 0 Å². The number of halogens is 1. The maximum Gasteiger partial charge on any atom is 0.213 e. The minimum absolute atomic E-state index is 0. The molecule has 8 heteroatoms. The number of likely N-dealkylation sites (tertiary alicyclic amines) is 1. The third-order valence-electron chi connectivity index (χ3n) is 5.49. The number of ether oxygens (including phenoxy) is 1. The summed E-state index contributed by atoms with van der Waals surface area (Å²) >= 11 is 0. The fourth-order valence-electron chi connectivity index (χ4n) is 3.74. The van der Waals surface area contributed by atoms with E-state index < -0.39 is 0 Å². The lowest BCUT2D eigenvalue weighted by Gasteiger charge is -2.22. The molecule has 29 heavy (non-hydrogen) atoms. The summed E-state index contributed by atoms with van der Waals surface area (Å²) < 4.78 is 7.66. The first-order chi connectivity index (χ1) is 13.7. The van der Waals surface area contributed by atoms with Crippen molar-refractivity contribution in [3.8, 4) is 5.88 Å². The zero-order chi connectivity index (χ0) is 19.3. The molecule has 158 valence electrons. The van der Waals surface area contributed by atoms with E-state index in [1.54, 1.807) is 0 Å². The van der Waals surface area contributed by atoms with Crippen molar-refractivity contribution in [2.75, 3.05) is 26.7 Å². The standard InChI is InChI=1S/C21H30N6O.HI/c1-22-21(27-8-6-18(14-27)9-19-12-25-26(2)13-19)24-11-17-5-7-23-20(10-17)28-15-16-3-4-16;/h5,7,10,12-13,16,18H,3-4,6,8-9,11,14-15H2,1-2H3,(H,22,24);1H. The zero-order valence-corrected chi connectivity index (χ0v) is 19.6. The number of pyridine rings is 1. The Morgan fingerprint density at radius 3 is 2.86 bits per heavy atom. The molecule has 0 radical (unpaired) electrons. The molecule has 1 aliphatic heterocycles. The Morgan fingerprint density at radius 1 is 1.28 bits per heavy atom. The summed E-state index contributed by atoms with van der Waals surface area (Å²) in [5.74, 6) is 3.06. The summed E-state index contributed by atoms with van der Waals surface area (Å²) in [4.78, 5) is 11.2. The van der Waals surface area contributed by atoms with Gasteiger partial charge in [0.2, 0.25) is 5.88 Å². The van der Waals surface area contributed by atoms with E-state index in [9.17, 15) is 0 Å². The lowest BCUT2D eigenvalue weighted by atomic mass is 10.0. The van der Waals surface area contributed by atoms with Gasteiger partial charge in [-0.1, -0.05) is 0 Å². The van der Waals surface area contributed by atoms with Crippen LogP contribution in [-0.4, -0.2) is 52.4 Å². The highest BCUT2D eigenvalue weighted by molar-refractivity contribution is 14.0. The zero-order valence-electron chi connectivity index (χ0n) is 17.3. The van der Waals surface area contributed by atoms with Crippen molar-refractivity contribution in [2.24, 2.45) is 23.9 Å². The van der Waals surface area contributed by atoms with Gasteiger partial charge in [-0.2, -0.15) is 5.10 Å². The molecule has 1 aliphatic carbocycles. The highest BCUT2D eigenvalue weighted by Crippen LogP contribution is 2.29. The quantitative estimate of drug-likeness (QED) is 0.353. The van der Waals surface area contributed by atoms with Gasteiger partial charge < -0.3 is 15.0 Å². The molecule has 1 atom stereocenters. The summed E-state index contributed by atoms with van der Waals surface area (Å²) in [6.07, 6.45) is 10.7. The van der Waals surface area contributed by atoms with Crippen LogP contribution in [0.5, 0.6) is 5.88 Å². The molecule has 2 aliphatic rings. The van der Waals surface area contributed by atoms with Crippen LogP contribution in [0.15, 0.2) is 35.7 Å². The third-order valence-corrected chi connectivity index (χ3v) is 5.49. The van der Waals surface area contributed by atoms with Crippen LogP contribution >= 0.6 is 24.0 Å². The number of hydrogen-bond donors (Lipinski definition) is 1. The molecule has 1 saturated heterocycles. The smallest absolute Gasteiger partial charge is 0.213 e. The van der Waals surface area contributed by atoms with Gasteiger partial charge in [0.25, 0.3) is 0 Å². The molecule has 1 unspecified atom stereocenters. The Labute approximate surface area is 190 Å². The van der Waals surface area contributed by atoms with Gasteiger partial charge in [0.15, 0.2) is 5.96 Å². The molecule has 0 amide bonds. The summed E-state index contributed by atoms with van der Waals surface area (Å²) in [6, 6.07) is 4.05. The Kier molecular flexibility index (Phi) is 7.74. The van der Waals surface area contributed by atoms with Crippen molar-refractivity contribution in [1.29, 1.82) is 0 Å². The van der Waals surface area contributed by atoms with E-state index in [1.165, 1.54) is 24.8 Å². The monoisotopic (exact) mass is 510 g/mol. The van der Waals surface area contributed by atoms with Gasteiger partial charge in [-0.25, -0.2) is 4.98 Å². The van der Waals surface area contributed by atoms with Gasteiger partial charge in [0, 0.05) is 52.2 Å². The van der Waals surface area contributed by atoms with Gasteiger partial charge in [0.1, 0.15) is 0 Å². The minimum atomic E-state index is 0. The second-order valence-electron chi connectivity index (χ2n) is 7.98. The van der Waals surface area contributed by atoms with Crippen molar-refractivity contribution in [1.82, 2.24) is 25.0 Å². The Bertz CT molecular complexity index is 819. The van der Waals surface area contributed by atoms with Gasteiger partial charge in [-0.15, -0.1) is 24.0 Å². The fraction of sp³-hybridized carbons (Fsp3) is 0.571. The van der Waals surface area contributed by atoms with Crippen LogP contribution in [0.3, 0.4) is 0 Å². The molecule has 4 rings (SSSR count). The van der Waals surface area contributed by atoms with Crippen LogP contribution in [0.4, 0.5) is 0 Å². The number of aryl methyl sites for hydroxylation is 1. The van der Waals surface area contributed by atoms with Gasteiger partial charge in [-0.05, 0) is 54.7 Å². The van der Waals surface area contributed by atoms with E-state index in [2.05, 4.69) is 31.5 Å². The number of rotatable bonds is 7. The molecule has 7 nitrogen and oxygen atoms in total. The number of nitrogens with one attached hydrogen (secondary N) is 1. The molecule has 1 N–H and O–H groups in total. The van der Waals surface area contributed by atoms with E-state index in [1.807, 2.05) is 43.3 Å². The van der Waals surface area contributed by atoms with E-state index in [-0.39, 0.29) is 24.0 Å². The first-order valence-electron chi connectivity index (χ1n) is 10.2. The maximum atomic E-state index is 5.79. The Hall–Kier alpha value is -1.84. The van der Waals surface area contributed by atoms with E-state index in [0.29, 0.717) is 5.92 Å². The normalized spacial score (nSPS) is 19.2. The van der Waals surface area contributed by atoms with Gasteiger partial charge >= 0.3 is 0 Å². The molecule has 2 fully saturated rings. The van der Waals surface area contributed by atoms with Crippen molar-refractivity contribution >= 4 is 29.9 Å². The van der Waals surface area contributed by atoms with Crippen molar-refractivity contribution < 1.29 is 4.74 Å². The molecule has 3 heterocycles. The molecule has 0 aromatic carbocycles. The predicted molar refractivity (Wildman–Crippen MR) is 125 cm³/mol. The molecular weight excluding hydrogens is 479 g/mol. The second-order valence-corrected chi connectivity index (χ2v) is 7.98. The second kappa shape index (κ2) is 10.3. The summed E-state index contributed by atoms with van der Waals surface area (Å²) in [7, 11) is 3.82. The van der Waals surface area contributed by atoms with Gasteiger partial charge in [-0.3, -0.25) is 9.67 Å². The highest BCUT2D eigenvalue weighted by Gasteiger charge is 2.25. The lowest BCUT2D eigenvalue weighted by Crippen LogP contribution is -2.39. The topological polar surface area (TPSA) is 67.6 Å². The average Bonchev–Trinajstić information content (AvgIpc) is 3.28. The van der Waals surface area contributed by atoms with Crippen LogP contribution in [0, 0.1) is 11.8 Å². The van der Waals surface area contributed by atoms with Crippen LogP contribution in [-0.2, 0) is 20.0 Å². The van der Waals surface area contributed by atoms with Gasteiger partial charge in [0.05, 0.1) is 12.8 Å². The number of guanidine groups is 1. The summed E-state index contributed by atoms with van der Waals surface area (Å²) in [6.45, 7) is 3.58. The molecule has 0 spiro atoms.